The summed E-state index contributed by atoms with van der Waals surface area (Å²) in [7, 11) is 0. The van der Waals surface area contributed by atoms with Crippen LogP contribution in [0.15, 0.2) is 72.9 Å². The Balaban J connectivity index is 1.94. The maximum atomic E-state index is 13.2. The second-order valence-corrected chi connectivity index (χ2v) is 7.16. The van der Waals surface area contributed by atoms with Crippen molar-refractivity contribution >= 4 is 32.9 Å². The molecule has 0 aliphatic carbocycles. The van der Waals surface area contributed by atoms with E-state index in [1.807, 2.05) is 38.1 Å². The number of fused-ring (bicyclic) bond motifs is 1. The van der Waals surface area contributed by atoms with Crippen molar-refractivity contribution in [3.05, 3.63) is 86.4 Å². The van der Waals surface area contributed by atoms with E-state index in [0.717, 1.165) is 11.1 Å². The summed E-state index contributed by atoms with van der Waals surface area (Å²) in [6.45, 7) is 3.85. The maximum absolute atomic E-state index is 13.2. The minimum Gasteiger partial charge on any atom is -0.452 e. The summed E-state index contributed by atoms with van der Waals surface area (Å²) in [5.74, 6) is -0.774. The van der Waals surface area contributed by atoms with Crippen LogP contribution in [0.1, 0.15) is 21.7 Å². The Morgan fingerprint density at radius 1 is 0.964 bits per heavy atom. The maximum Gasteiger partial charge on any atom is 0.379 e. The zero-order valence-corrected chi connectivity index (χ0v) is 16.7. The van der Waals surface area contributed by atoms with Crippen LogP contribution in [0.5, 0.6) is 5.75 Å². The lowest BCUT2D eigenvalue weighted by Gasteiger charge is -2.11. The molecule has 4 rings (SSSR count). The number of esters is 1. The highest BCUT2D eigenvalue weighted by Gasteiger charge is 2.23. The summed E-state index contributed by atoms with van der Waals surface area (Å²) in [4.78, 5) is 25.7. The number of halogens is 1. The highest BCUT2D eigenvalue weighted by atomic mass is 79.9. The molecule has 0 N–H and O–H groups in total. The van der Waals surface area contributed by atoms with E-state index in [1.54, 1.807) is 24.3 Å². The number of carbonyl (C=O) groups is 1. The molecule has 2 heterocycles. The summed E-state index contributed by atoms with van der Waals surface area (Å²) < 4.78 is 17.1. The van der Waals surface area contributed by atoms with Crippen LogP contribution >= 0.6 is 15.9 Å². The normalized spacial score (nSPS) is 11.0. The third kappa shape index (κ3) is 3.27. The van der Waals surface area contributed by atoms with Gasteiger partial charge in [-0.1, -0.05) is 30.3 Å². The predicted octanol–water partition coefficient (Wildman–Crippen LogP) is 5.65. The molecule has 6 heteroatoms. The summed E-state index contributed by atoms with van der Waals surface area (Å²) in [5, 5.41) is 0.353. The molecule has 0 atom stereocenters. The predicted molar refractivity (Wildman–Crippen MR) is 109 cm³/mol. The van der Waals surface area contributed by atoms with Crippen LogP contribution in [0.4, 0.5) is 0 Å². The summed E-state index contributed by atoms with van der Waals surface area (Å²) in [6, 6.07) is 15.6. The number of rotatable bonds is 3. The Bertz CT molecular complexity index is 1250. The first kappa shape index (κ1) is 18.3. The SMILES string of the molecule is Cc1cc2oc(-c3ccccc3)c(OC(=O)c3ccc(Br)o3)c(=O)c2cc1C. The molecule has 28 heavy (non-hydrogen) atoms. The second kappa shape index (κ2) is 7.13. The lowest BCUT2D eigenvalue weighted by atomic mass is 10.0. The van der Waals surface area contributed by atoms with Gasteiger partial charge in [0, 0.05) is 5.56 Å². The first-order valence-electron chi connectivity index (χ1n) is 8.55. The standard InChI is InChI=1S/C22H15BrO5/c1-12-10-15-17(11-13(12)2)27-20(14-6-4-3-5-7-14)21(19(15)24)28-22(25)16-8-9-18(23)26-16/h3-11H,1-2H3. The van der Waals surface area contributed by atoms with E-state index in [4.69, 9.17) is 13.6 Å². The van der Waals surface area contributed by atoms with Gasteiger partial charge in [-0.3, -0.25) is 4.79 Å². The molecular weight excluding hydrogens is 424 g/mol. The number of benzene rings is 2. The Morgan fingerprint density at radius 3 is 2.36 bits per heavy atom. The van der Waals surface area contributed by atoms with Crippen LogP contribution in [0, 0.1) is 13.8 Å². The lowest BCUT2D eigenvalue weighted by molar-refractivity contribution is 0.0696. The summed E-state index contributed by atoms with van der Waals surface area (Å²) >= 11 is 3.14. The first-order chi connectivity index (χ1) is 13.4. The Morgan fingerprint density at radius 2 is 1.68 bits per heavy atom. The number of aryl methyl sites for hydroxylation is 2. The summed E-state index contributed by atoms with van der Waals surface area (Å²) in [6.07, 6.45) is 0. The van der Waals surface area contributed by atoms with Gasteiger partial charge in [0.25, 0.3) is 0 Å². The van der Waals surface area contributed by atoms with Crippen molar-refractivity contribution in [2.45, 2.75) is 13.8 Å². The number of ether oxygens (including phenoxy) is 1. The fourth-order valence-electron chi connectivity index (χ4n) is 2.87. The molecule has 0 saturated heterocycles. The van der Waals surface area contributed by atoms with Crippen molar-refractivity contribution in [1.29, 1.82) is 0 Å². The van der Waals surface area contributed by atoms with Gasteiger partial charge in [-0.25, -0.2) is 4.79 Å². The number of hydrogen-bond donors (Lipinski definition) is 0. The first-order valence-corrected chi connectivity index (χ1v) is 9.34. The van der Waals surface area contributed by atoms with Gasteiger partial charge in [-0.15, -0.1) is 0 Å². The van der Waals surface area contributed by atoms with E-state index in [-0.39, 0.29) is 17.3 Å². The molecule has 0 fully saturated rings. The third-order valence-electron chi connectivity index (χ3n) is 4.47. The molecule has 2 aromatic carbocycles. The van der Waals surface area contributed by atoms with E-state index < -0.39 is 11.4 Å². The van der Waals surface area contributed by atoms with Gasteiger partial charge in [0.05, 0.1) is 5.39 Å². The van der Waals surface area contributed by atoms with Crippen LogP contribution in [-0.2, 0) is 0 Å². The van der Waals surface area contributed by atoms with Crippen LogP contribution in [0.2, 0.25) is 0 Å². The van der Waals surface area contributed by atoms with Crippen molar-refractivity contribution in [3.8, 4) is 17.1 Å². The molecular formula is C22H15BrO5. The molecule has 0 unspecified atom stereocenters. The fraction of sp³-hybridized carbons (Fsp3) is 0.0909. The molecule has 0 spiro atoms. The van der Waals surface area contributed by atoms with E-state index in [9.17, 15) is 9.59 Å². The average Bonchev–Trinajstić information content (AvgIpc) is 3.13. The van der Waals surface area contributed by atoms with Crippen molar-refractivity contribution in [3.63, 3.8) is 0 Å². The molecule has 4 aromatic rings. The molecule has 2 aromatic heterocycles. The Labute approximate surface area is 168 Å². The zero-order valence-electron chi connectivity index (χ0n) is 15.1. The molecule has 0 saturated carbocycles. The second-order valence-electron chi connectivity index (χ2n) is 6.38. The molecule has 0 aliphatic heterocycles. The molecule has 0 radical (unpaired) electrons. The van der Waals surface area contributed by atoms with E-state index in [0.29, 0.717) is 21.2 Å². The van der Waals surface area contributed by atoms with E-state index in [1.165, 1.54) is 6.07 Å². The number of furan rings is 1. The highest BCUT2D eigenvalue weighted by molar-refractivity contribution is 9.10. The third-order valence-corrected chi connectivity index (χ3v) is 4.90. The van der Waals surface area contributed by atoms with Crippen molar-refractivity contribution < 1.29 is 18.4 Å². The largest absolute Gasteiger partial charge is 0.452 e. The van der Waals surface area contributed by atoms with E-state index >= 15 is 0 Å². The monoisotopic (exact) mass is 438 g/mol. The van der Waals surface area contributed by atoms with Crippen molar-refractivity contribution in [2.75, 3.05) is 0 Å². The quantitative estimate of drug-likeness (QED) is 0.386. The van der Waals surface area contributed by atoms with Crippen LogP contribution < -0.4 is 10.2 Å². The van der Waals surface area contributed by atoms with Gasteiger partial charge in [0.2, 0.25) is 16.9 Å². The minimum absolute atomic E-state index is 0.0227. The minimum atomic E-state index is -0.779. The van der Waals surface area contributed by atoms with Gasteiger partial charge in [-0.2, -0.15) is 0 Å². The topological polar surface area (TPSA) is 69.7 Å². The molecule has 0 amide bonds. The fourth-order valence-corrected chi connectivity index (χ4v) is 3.18. The Hall–Kier alpha value is -3.12. The van der Waals surface area contributed by atoms with Gasteiger partial charge in [0.15, 0.2) is 10.4 Å². The summed E-state index contributed by atoms with van der Waals surface area (Å²) in [5.41, 5.74) is 2.59. The molecule has 5 nitrogen and oxygen atoms in total. The van der Waals surface area contributed by atoms with Crippen LogP contribution in [-0.4, -0.2) is 5.97 Å². The van der Waals surface area contributed by atoms with Crippen LogP contribution in [0.3, 0.4) is 0 Å². The van der Waals surface area contributed by atoms with Crippen LogP contribution in [0.25, 0.3) is 22.3 Å². The van der Waals surface area contributed by atoms with Gasteiger partial charge in [0.1, 0.15) is 5.58 Å². The number of hydrogen-bond acceptors (Lipinski definition) is 5. The van der Waals surface area contributed by atoms with E-state index in [2.05, 4.69) is 15.9 Å². The van der Waals surface area contributed by atoms with Crippen molar-refractivity contribution in [2.24, 2.45) is 0 Å². The Kier molecular flexibility index (Phi) is 4.65. The lowest BCUT2D eigenvalue weighted by Crippen LogP contribution is -2.16. The average molecular weight is 439 g/mol. The van der Waals surface area contributed by atoms with Gasteiger partial charge in [-0.05, 0) is 65.2 Å². The number of carbonyl (C=O) groups excluding carboxylic acids is 1. The molecule has 140 valence electrons. The highest BCUT2D eigenvalue weighted by Crippen LogP contribution is 2.32. The van der Waals surface area contributed by atoms with Crippen molar-refractivity contribution in [1.82, 2.24) is 0 Å². The zero-order chi connectivity index (χ0) is 19.8. The molecule has 0 bridgehead atoms. The molecule has 0 aliphatic rings. The smallest absolute Gasteiger partial charge is 0.379 e. The van der Waals surface area contributed by atoms with Gasteiger partial charge >= 0.3 is 5.97 Å². The van der Waals surface area contributed by atoms with Gasteiger partial charge < -0.3 is 13.6 Å².